The number of benzene rings is 3. The van der Waals surface area contributed by atoms with Gasteiger partial charge in [-0.15, -0.1) is 11.2 Å². The van der Waals surface area contributed by atoms with Crippen LogP contribution in [0.3, 0.4) is 0 Å². The molecule has 0 amide bonds. The average Bonchev–Trinajstić information content (AvgIpc) is 3.65. The molecule has 11 radical (unpaired) electrons. The third-order valence-corrected chi connectivity index (χ3v) is 4.97. The zero-order valence-electron chi connectivity index (χ0n) is 21.1. The Balaban J connectivity index is 0.000000343. The van der Waals surface area contributed by atoms with Gasteiger partial charge in [0.1, 0.15) is 0 Å². The predicted octanol–water partition coefficient (Wildman–Crippen LogP) is 8.82. The second-order valence-electron chi connectivity index (χ2n) is 9.03. The van der Waals surface area contributed by atoms with Crippen LogP contribution in [-0.4, -0.2) is 5.54 Å². The Hall–Kier alpha value is -1.28. The summed E-state index contributed by atoms with van der Waals surface area (Å²) < 4.78 is 0. The minimum atomic E-state index is -0.167. The second kappa shape index (κ2) is 17.3. The van der Waals surface area contributed by atoms with Gasteiger partial charge in [0, 0.05) is 0 Å². The minimum Gasteiger partial charge on any atom is -0.679 e. The summed E-state index contributed by atoms with van der Waals surface area (Å²) in [6.07, 6.45) is 20.0. The van der Waals surface area contributed by atoms with Gasteiger partial charge < -0.3 is 5.32 Å². The van der Waals surface area contributed by atoms with Crippen LogP contribution >= 0.6 is 0 Å². The van der Waals surface area contributed by atoms with Gasteiger partial charge in [-0.05, 0) is 86.5 Å². The molecule has 2 heteroatoms. The van der Waals surface area contributed by atoms with Crippen LogP contribution in [0.15, 0.2) is 91.0 Å². The second-order valence-corrected chi connectivity index (χ2v) is 9.03. The van der Waals surface area contributed by atoms with Gasteiger partial charge in [0.15, 0.2) is 0 Å². The van der Waals surface area contributed by atoms with Gasteiger partial charge in [-0.3, -0.25) is 0 Å². The molecular formula is C34H34NYb+2. The molecule has 2 saturated carbocycles. The molecule has 0 N–H and O–H groups in total. The Kier molecular flexibility index (Phi) is 14.8. The molecule has 0 aliphatic heterocycles. The van der Waals surface area contributed by atoms with Crippen LogP contribution in [0.1, 0.15) is 37.5 Å². The Morgan fingerprint density at radius 1 is 0.444 bits per heavy atom. The Morgan fingerprint density at radius 3 is 1.00 bits per heavy atom. The largest absolute Gasteiger partial charge is 3.00 e. The van der Waals surface area contributed by atoms with Gasteiger partial charge in [-0.25, -0.2) is 0 Å². The van der Waals surface area contributed by atoms with Crippen molar-refractivity contribution in [1.29, 1.82) is 0 Å². The van der Waals surface area contributed by atoms with Crippen LogP contribution in [0.4, 0.5) is 0 Å². The number of hydrogen-bond acceptors (Lipinski definition) is 0. The molecule has 3 aromatic rings. The van der Waals surface area contributed by atoms with Crippen molar-refractivity contribution < 1.29 is 46.9 Å². The van der Waals surface area contributed by atoms with E-state index in [2.05, 4.69) is 106 Å². The first-order valence-electron chi connectivity index (χ1n) is 12.0. The van der Waals surface area contributed by atoms with Gasteiger partial charge in [0.25, 0.3) is 0 Å². The summed E-state index contributed by atoms with van der Waals surface area (Å²) in [5, 5.41) is 5.11. The third-order valence-electron chi connectivity index (χ3n) is 4.97. The first-order chi connectivity index (χ1) is 17.0. The van der Waals surface area contributed by atoms with E-state index < -0.39 is 0 Å². The van der Waals surface area contributed by atoms with Crippen molar-refractivity contribution in [2.75, 3.05) is 0 Å². The predicted molar refractivity (Wildman–Crippen MR) is 151 cm³/mol. The van der Waals surface area contributed by atoms with Crippen molar-refractivity contribution in [3.8, 4) is 0 Å². The van der Waals surface area contributed by atoms with E-state index >= 15 is 0 Å². The van der Waals surface area contributed by atoms with E-state index in [0.29, 0.717) is 0 Å². The van der Waals surface area contributed by atoms with E-state index in [9.17, 15) is 0 Å². The van der Waals surface area contributed by atoms with Crippen LogP contribution < -0.4 is 0 Å². The number of nitrogens with zero attached hydrogens (tertiary/aromatic N) is 1. The van der Waals surface area contributed by atoms with Crippen LogP contribution in [0.5, 0.6) is 0 Å². The molecule has 3 aromatic carbocycles. The molecule has 0 spiro atoms. The molecule has 2 aliphatic carbocycles. The average molecular weight is 630 g/mol. The number of rotatable bonds is 4. The molecule has 36 heavy (non-hydrogen) atoms. The first kappa shape index (κ1) is 30.9. The summed E-state index contributed by atoms with van der Waals surface area (Å²) in [6, 6.07) is 31.5. The molecule has 5 rings (SSSR count). The maximum Gasteiger partial charge on any atom is 3.00 e. The van der Waals surface area contributed by atoms with Gasteiger partial charge in [0.2, 0.25) is 0 Å². The monoisotopic (exact) mass is 630 g/mol. The normalized spacial score (nSPS) is 14.3. The molecular weight excluding hydrogens is 595 g/mol. The fourth-order valence-corrected chi connectivity index (χ4v) is 3.49. The van der Waals surface area contributed by atoms with Crippen LogP contribution in [-0.2, 0) is 0 Å². The Bertz CT molecular complexity index is 913. The van der Waals surface area contributed by atoms with Gasteiger partial charge >= 0.3 is 46.9 Å². The van der Waals surface area contributed by atoms with Gasteiger partial charge in [-0.2, -0.15) is 0 Å². The van der Waals surface area contributed by atoms with E-state index in [-0.39, 0.29) is 52.5 Å². The molecule has 0 aromatic heterocycles. The van der Waals surface area contributed by atoms with Crippen molar-refractivity contribution in [1.82, 2.24) is 0 Å². The summed E-state index contributed by atoms with van der Waals surface area (Å²) in [5.74, 6) is 0. The molecule has 2 aliphatic rings. The molecule has 0 heterocycles. The number of hydrogen-bond donors (Lipinski definition) is 0. The summed E-state index contributed by atoms with van der Waals surface area (Å²) in [7, 11) is 0. The van der Waals surface area contributed by atoms with E-state index in [0.717, 1.165) is 11.3 Å². The molecule has 1 nitrogen and oxygen atoms in total. The molecule has 2 fully saturated rings. The van der Waals surface area contributed by atoms with Crippen molar-refractivity contribution in [3.05, 3.63) is 177 Å². The Labute approximate surface area is 259 Å². The maximum atomic E-state index is 5.11. The molecule has 0 atom stereocenters. The Morgan fingerprint density at radius 2 is 0.722 bits per heavy atom. The first-order valence-corrected chi connectivity index (χ1v) is 12.0. The van der Waals surface area contributed by atoms with Crippen LogP contribution in [0.2, 0.25) is 0 Å². The van der Waals surface area contributed by atoms with E-state index in [1.807, 2.05) is 70.3 Å². The molecule has 0 saturated heterocycles. The fourth-order valence-electron chi connectivity index (χ4n) is 3.49. The maximum absolute atomic E-state index is 5.11. The summed E-state index contributed by atoms with van der Waals surface area (Å²) >= 11 is 0. The van der Waals surface area contributed by atoms with Crippen molar-refractivity contribution in [2.24, 2.45) is 0 Å². The fraction of sp³-hybridized carbons (Fsp3) is 0.118. The van der Waals surface area contributed by atoms with Crippen molar-refractivity contribution in [3.63, 3.8) is 0 Å². The van der Waals surface area contributed by atoms with Crippen LogP contribution in [0, 0.1) is 111 Å². The zero-order valence-corrected chi connectivity index (χ0v) is 22.9. The quantitative estimate of drug-likeness (QED) is 0.256. The minimum absolute atomic E-state index is 0. The summed E-state index contributed by atoms with van der Waals surface area (Å²) in [5.41, 5.74) is 5.54. The van der Waals surface area contributed by atoms with E-state index in [1.54, 1.807) is 0 Å². The molecule has 0 bridgehead atoms. The van der Waals surface area contributed by atoms with Crippen molar-refractivity contribution in [2.45, 2.75) is 26.3 Å². The van der Waals surface area contributed by atoms with Gasteiger partial charge in [0.05, 0.1) is 0 Å². The topological polar surface area (TPSA) is 14.1 Å². The third kappa shape index (κ3) is 11.4. The van der Waals surface area contributed by atoms with E-state index in [4.69, 9.17) is 5.32 Å². The summed E-state index contributed by atoms with van der Waals surface area (Å²) in [4.78, 5) is 0. The van der Waals surface area contributed by atoms with Crippen LogP contribution in [0.25, 0.3) is 16.6 Å². The SMILES string of the molecule is CC(C)(C)[N-]C(=C(c1ccccc1)c1ccccc1)c1ccccc1.[CH]1[CH][CH][CH][CH]1.[CH]1[CH][CH][CH][CH]1.[Yb+3]. The summed E-state index contributed by atoms with van der Waals surface area (Å²) in [6.45, 7) is 6.43. The zero-order chi connectivity index (χ0) is 24.8. The van der Waals surface area contributed by atoms with E-state index in [1.165, 1.54) is 16.7 Å². The standard InChI is InChI=1S/C24H24N.2C5H5.Yb/c1-24(2,3)25-23(21-17-11-6-12-18-21)22(19-13-7-4-8-14-19)20-15-9-5-10-16-20;2*1-2-4-5-3-1;/h4-18H,1-3H3;2*1-5H;/q-1;;;+3. The molecule has 0 unspecified atom stereocenters. The molecule has 187 valence electrons. The van der Waals surface area contributed by atoms with Crippen molar-refractivity contribution >= 4 is 11.3 Å². The van der Waals surface area contributed by atoms with Gasteiger partial charge in [-0.1, -0.05) is 112 Å². The smallest absolute Gasteiger partial charge is 0.679 e.